The van der Waals surface area contributed by atoms with E-state index in [9.17, 15) is 30.3 Å². The van der Waals surface area contributed by atoms with E-state index in [0.717, 1.165) is 64.2 Å². The lowest BCUT2D eigenvalue weighted by molar-refractivity contribution is -0.302. The van der Waals surface area contributed by atoms with Crippen LogP contribution in [0.3, 0.4) is 0 Å². The molecule has 0 aromatic heterocycles. The Kier molecular flexibility index (Phi) is 45.6. The minimum absolute atomic E-state index is 0.176. The summed E-state index contributed by atoms with van der Waals surface area (Å²) in [6.07, 6.45) is 58.5. The fraction of sp³-hybridized carbons (Fsp3) is 0.814. The van der Waals surface area contributed by atoms with Crippen molar-refractivity contribution in [2.75, 3.05) is 13.2 Å². The van der Waals surface area contributed by atoms with Gasteiger partial charge in [-0.1, -0.05) is 248 Å². The van der Waals surface area contributed by atoms with Crippen LogP contribution in [-0.4, -0.2) is 87.5 Å². The van der Waals surface area contributed by atoms with E-state index in [0.29, 0.717) is 6.42 Å². The summed E-state index contributed by atoms with van der Waals surface area (Å²) in [5.74, 6) is -0.176. The zero-order valence-corrected chi connectivity index (χ0v) is 43.9. The molecule has 0 spiro atoms. The lowest BCUT2D eigenvalue weighted by atomic mass is 9.99. The van der Waals surface area contributed by atoms with Gasteiger partial charge in [0.05, 0.1) is 25.4 Å². The summed E-state index contributed by atoms with van der Waals surface area (Å²) >= 11 is 0. The van der Waals surface area contributed by atoms with Gasteiger partial charge in [-0.2, -0.15) is 0 Å². The fourth-order valence-electron chi connectivity index (χ4n) is 8.85. The van der Waals surface area contributed by atoms with Crippen LogP contribution >= 0.6 is 0 Å². The van der Waals surface area contributed by atoms with Crippen LogP contribution in [0.4, 0.5) is 0 Å². The normalized spacial score (nSPS) is 20.0. The van der Waals surface area contributed by atoms with Crippen LogP contribution in [-0.2, 0) is 14.3 Å². The molecule has 1 aliphatic heterocycles. The number of hydrogen-bond acceptors (Lipinski definition) is 8. The number of amides is 1. The largest absolute Gasteiger partial charge is 0.394 e. The molecule has 68 heavy (non-hydrogen) atoms. The second-order valence-corrected chi connectivity index (χ2v) is 19.7. The second kappa shape index (κ2) is 48.5. The summed E-state index contributed by atoms with van der Waals surface area (Å²) in [5.41, 5.74) is 0. The highest BCUT2D eigenvalue weighted by Crippen LogP contribution is 2.23. The van der Waals surface area contributed by atoms with Crippen molar-refractivity contribution < 1.29 is 39.8 Å². The Bertz CT molecular complexity index is 1250. The van der Waals surface area contributed by atoms with Crippen LogP contribution in [0.25, 0.3) is 0 Å². The molecule has 1 rings (SSSR count). The van der Waals surface area contributed by atoms with Crippen LogP contribution in [0, 0.1) is 0 Å². The zero-order valence-electron chi connectivity index (χ0n) is 43.9. The Labute approximate surface area is 417 Å². The number of hydrogen-bond donors (Lipinski definition) is 6. The Morgan fingerprint density at radius 1 is 0.515 bits per heavy atom. The van der Waals surface area contributed by atoms with Gasteiger partial charge < -0.3 is 40.3 Å². The van der Waals surface area contributed by atoms with Crippen LogP contribution in [0.2, 0.25) is 0 Å². The lowest BCUT2D eigenvalue weighted by Crippen LogP contribution is -2.60. The Morgan fingerprint density at radius 3 is 1.35 bits per heavy atom. The summed E-state index contributed by atoms with van der Waals surface area (Å²) in [6, 6.07) is -0.806. The van der Waals surface area contributed by atoms with Crippen molar-refractivity contribution in [1.82, 2.24) is 5.32 Å². The van der Waals surface area contributed by atoms with E-state index in [-0.39, 0.29) is 12.5 Å². The smallest absolute Gasteiger partial charge is 0.220 e. The minimum atomic E-state index is -1.57. The average Bonchev–Trinajstić information content (AvgIpc) is 3.34. The van der Waals surface area contributed by atoms with Gasteiger partial charge in [0.1, 0.15) is 24.4 Å². The molecule has 7 unspecified atom stereocenters. The summed E-state index contributed by atoms with van der Waals surface area (Å²) in [7, 11) is 0. The van der Waals surface area contributed by atoms with Gasteiger partial charge in [0.15, 0.2) is 6.29 Å². The molecule has 0 aromatic rings. The highest BCUT2D eigenvalue weighted by atomic mass is 16.7. The molecule has 0 aromatic carbocycles. The maximum absolute atomic E-state index is 13.0. The predicted octanol–water partition coefficient (Wildman–Crippen LogP) is 13.9. The number of carbonyl (C=O) groups is 1. The van der Waals surface area contributed by atoms with E-state index < -0.39 is 49.5 Å². The first kappa shape index (κ1) is 63.9. The lowest BCUT2D eigenvalue weighted by Gasteiger charge is -2.40. The Balaban J connectivity index is 2.18. The first-order valence-electron chi connectivity index (χ1n) is 28.5. The minimum Gasteiger partial charge on any atom is -0.394 e. The van der Waals surface area contributed by atoms with E-state index in [1.165, 1.54) is 167 Å². The van der Waals surface area contributed by atoms with Gasteiger partial charge in [0, 0.05) is 6.42 Å². The van der Waals surface area contributed by atoms with Gasteiger partial charge in [0.2, 0.25) is 5.91 Å². The quantitative estimate of drug-likeness (QED) is 0.0261. The van der Waals surface area contributed by atoms with Crippen molar-refractivity contribution in [3.05, 3.63) is 60.8 Å². The number of nitrogens with one attached hydrogen (secondary N) is 1. The van der Waals surface area contributed by atoms with Gasteiger partial charge in [-0.05, 0) is 57.8 Å². The molecule has 7 atom stereocenters. The maximum atomic E-state index is 13.0. The third kappa shape index (κ3) is 37.7. The number of carbonyl (C=O) groups excluding carboxylic acids is 1. The zero-order chi connectivity index (χ0) is 49.4. The molecule has 9 nitrogen and oxygen atoms in total. The summed E-state index contributed by atoms with van der Waals surface area (Å²) < 4.78 is 11.3. The van der Waals surface area contributed by atoms with Gasteiger partial charge in [0.25, 0.3) is 0 Å². The first-order chi connectivity index (χ1) is 33.3. The highest BCUT2D eigenvalue weighted by Gasteiger charge is 2.44. The molecule has 9 heteroatoms. The molecular weight excluding hydrogens is 851 g/mol. The molecule has 0 saturated carbocycles. The number of rotatable bonds is 48. The van der Waals surface area contributed by atoms with Crippen LogP contribution in [0.15, 0.2) is 60.8 Å². The Morgan fingerprint density at radius 2 is 0.912 bits per heavy atom. The summed E-state index contributed by atoms with van der Waals surface area (Å²) in [4.78, 5) is 13.0. The van der Waals surface area contributed by atoms with Crippen molar-refractivity contribution in [1.29, 1.82) is 0 Å². The van der Waals surface area contributed by atoms with Crippen LogP contribution < -0.4 is 5.32 Å². The maximum Gasteiger partial charge on any atom is 0.220 e. The fourth-order valence-corrected chi connectivity index (χ4v) is 8.85. The molecule has 1 saturated heterocycles. The molecular formula is C59H107NO8. The van der Waals surface area contributed by atoms with Crippen molar-refractivity contribution in [2.24, 2.45) is 0 Å². The summed E-state index contributed by atoms with van der Waals surface area (Å²) in [6.45, 7) is 3.68. The van der Waals surface area contributed by atoms with Gasteiger partial charge >= 0.3 is 0 Å². The van der Waals surface area contributed by atoms with Crippen LogP contribution in [0.5, 0.6) is 0 Å². The van der Waals surface area contributed by atoms with Crippen molar-refractivity contribution in [2.45, 2.75) is 294 Å². The van der Waals surface area contributed by atoms with E-state index in [1.807, 2.05) is 6.08 Å². The molecule has 1 aliphatic rings. The monoisotopic (exact) mass is 958 g/mol. The average molecular weight is 959 g/mol. The molecule has 0 radical (unpaired) electrons. The van der Waals surface area contributed by atoms with Gasteiger partial charge in [-0.25, -0.2) is 0 Å². The van der Waals surface area contributed by atoms with E-state index in [4.69, 9.17) is 9.47 Å². The standard InChI is InChI=1S/C59H107NO8/c1-3-5-7-9-11-13-15-17-19-21-22-23-24-25-26-27-28-29-30-31-32-33-35-37-39-41-43-45-47-49-55(63)60-52(51-67-59-58(66)57(65)56(64)54(50-61)68-59)53(62)48-46-44-42-40-38-36-34-20-18-16-14-12-10-8-6-4-2/h5,7,11,13,17,19,22-23,46,48,52-54,56-59,61-62,64-66H,3-4,6,8-10,12,14-16,18,20-21,24-45,47,49-51H2,1-2H3,(H,60,63)/b7-5-,13-11-,19-17-,23-22-,48-46+. The predicted molar refractivity (Wildman–Crippen MR) is 286 cm³/mol. The number of allylic oxidation sites excluding steroid dienone is 9. The van der Waals surface area contributed by atoms with E-state index >= 15 is 0 Å². The second-order valence-electron chi connectivity index (χ2n) is 19.7. The SMILES string of the molecule is CC/C=C\C/C=C\C/C=C\C/C=C\CCCCCCCCCCCCCCCCCCC(=O)NC(COC1OC(CO)C(O)C(O)C1O)C(O)/C=C/CCCCCCCCCCCCCCCC. The third-order valence-corrected chi connectivity index (χ3v) is 13.3. The molecule has 6 N–H and O–H groups in total. The Hall–Kier alpha value is -2.11. The third-order valence-electron chi connectivity index (χ3n) is 13.3. The van der Waals surface area contributed by atoms with Gasteiger partial charge in [-0.3, -0.25) is 4.79 Å². The highest BCUT2D eigenvalue weighted by molar-refractivity contribution is 5.76. The van der Waals surface area contributed by atoms with E-state index in [1.54, 1.807) is 6.08 Å². The molecule has 396 valence electrons. The molecule has 1 fully saturated rings. The van der Waals surface area contributed by atoms with E-state index in [2.05, 4.69) is 67.8 Å². The van der Waals surface area contributed by atoms with Gasteiger partial charge in [-0.15, -0.1) is 0 Å². The molecule has 0 aliphatic carbocycles. The summed E-state index contributed by atoms with van der Waals surface area (Å²) in [5, 5.41) is 54.5. The first-order valence-corrected chi connectivity index (χ1v) is 28.5. The number of unbranched alkanes of at least 4 members (excludes halogenated alkanes) is 30. The molecule has 1 heterocycles. The topological polar surface area (TPSA) is 149 Å². The number of aliphatic hydroxyl groups is 5. The van der Waals surface area contributed by atoms with Crippen molar-refractivity contribution in [3.8, 4) is 0 Å². The molecule has 1 amide bonds. The van der Waals surface area contributed by atoms with Crippen molar-refractivity contribution >= 4 is 5.91 Å². The number of ether oxygens (including phenoxy) is 2. The van der Waals surface area contributed by atoms with Crippen molar-refractivity contribution in [3.63, 3.8) is 0 Å². The van der Waals surface area contributed by atoms with Crippen LogP contribution in [0.1, 0.15) is 251 Å². The number of aliphatic hydroxyl groups excluding tert-OH is 5. The molecule has 0 bridgehead atoms.